The van der Waals surface area contributed by atoms with Crippen molar-refractivity contribution in [3.05, 3.63) is 87.7 Å². The van der Waals surface area contributed by atoms with Gasteiger partial charge in [0.2, 0.25) is 15.9 Å². The number of sulfonamides is 1. The second kappa shape index (κ2) is 9.82. The van der Waals surface area contributed by atoms with E-state index in [-0.39, 0.29) is 16.4 Å². The van der Waals surface area contributed by atoms with E-state index >= 15 is 0 Å². The topological polar surface area (TPSA) is 124 Å². The summed E-state index contributed by atoms with van der Waals surface area (Å²) in [6.07, 6.45) is 0. The number of nitrogens with two attached hydrogens (primary N) is 1. The molecule has 0 bridgehead atoms. The van der Waals surface area contributed by atoms with Crippen molar-refractivity contribution in [1.82, 2.24) is 9.55 Å². The van der Waals surface area contributed by atoms with Gasteiger partial charge in [-0.1, -0.05) is 41.6 Å². The number of fused-ring (bicyclic) bond motifs is 1. The standard InChI is InChI=1S/C24H21ClN4O4S2/c1-14-19(25)7-5-9-21(14)29-23(31)18-6-3-4-8-20(18)28-24(29)34-15(2)22(30)27-16-10-12-17(13-11-16)35(26,32)33/h3-13,15H,1-2H3,(H,27,30)(H2,26,32,33). The van der Waals surface area contributed by atoms with E-state index in [1.807, 2.05) is 6.92 Å². The van der Waals surface area contributed by atoms with Crippen LogP contribution in [-0.2, 0) is 14.8 Å². The molecule has 1 amide bonds. The molecular formula is C24H21ClN4O4S2. The van der Waals surface area contributed by atoms with Crippen LogP contribution in [0, 0.1) is 6.92 Å². The van der Waals surface area contributed by atoms with Gasteiger partial charge in [-0.25, -0.2) is 18.5 Å². The summed E-state index contributed by atoms with van der Waals surface area (Å²) < 4.78 is 24.3. The number of carbonyl (C=O) groups is 1. The largest absolute Gasteiger partial charge is 0.325 e. The van der Waals surface area contributed by atoms with Gasteiger partial charge in [0.15, 0.2) is 5.16 Å². The molecule has 35 heavy (non-hydrogen) atoms. The third-order valence-corrected chi connectivity index (χ3v) is 7.72. The van der Waals surface area contributed by atoms with Gasteiger partial charge in [-0.3, -0.25) is 14.2 Å². The van der Waals surface area contributed by atoms with Crippen LogP contribution < -0.4 is 16.0 Å². The summed E-state index contributed by atoms with van der Waals surface area (Å²) in [6, 6.07) is 17.8. The minimum Gasteiger partial charge on any atom is -0.325 e. The number of para-hydroxylation sites is 1. The highest BCUT2D eigenvalue weighted by molar-refractivity contribution is 8.00. The number of halogens is 1. The first-order chi connectivity index (χ1) is 16.6. The third-order valence-electron chi connectivity index (χ3n) is 5.33. The number of hydrogen-bond acceptors (Lipinski definition) is 6. The summed E-state index contributed by atoms with van der Waals surface area (Å²) >= 11 is 7.44. The number of aromatic nitrogens is 2. The van der Waals surface area contributed by atoms with Crippen LogP contribution in [0.3, 0.4) is 0 Å². The fourth-order valence-corrected chi connectivity index (χ4v) is 5.03. The molecular weight excluding hydrogens is 508 g/mol. The number of thioether (sulfide) groups is 1. The highest BCUT2D eigenvalue weighted by atomic mass is 35.5. The van der Waals surface area contributed by atoms with Gasteiger partial charge in [0.25, 0.3) is 5.56 Å². The predicted molar refractivity (Wildman–Crippen MR) is 139 cm³/mol. The summed E-state index contributed by atoms with van der Waals surface area (Å²) in [5, 5.41) is 8.50. The molecule has 0 fully saturated rings. The van der Waals surface area contributed by atoms with Crippen molar-refractivity contribution in [3.63, 3.8) is 0 Å². The smallest absolute Gasteiger partial charge is 0.266 e. The van der Waals surface area contributed by atoms with Gasteiger partial charge < -0.3 is 5.32 Å². The minimum absolute atomic E-state index is 0.0563. The Labute approximate surface area is 211 Å². The maximum Gasteiger partial charge on any atom is 0.266 e. The van der Waals surface area contributed by atoms with Crippen molar-refractivity contribution in [1.29, 1.82) is 0 Å². The zero-order chi connectivity index (χ0) is 25.3. The van der Waals surface area contributed by atoms with Crippen LogP contribution in [0.5, 0.6) is 0 Å². The van der Waals surface area contributed by atoms with Crippen molar-refractivity contribution in [2.24, 2.45) is 5.14 Å². The lowest BCUT2D eigenvalue weighted by atomic mass is 10.2. The van der Waals surface area contributed by atoms with Gasteiger partial charge in [-0.05, 0) is 67.9 Å². The number of amides is 1. The molecule has 0 saturated heterocycles. The van der Waals surface area contributed by atoms with Gasteiger partial charge in [-0.15, -0.1) is 0 Å². The van der Waals surface area contributed by atoms with Crippen LogP contribution in [0.1, 0.15) is 12.5 Å². The van der Waals surface area contributed by atoms with Crippen LogP contribution in [0.4, 0.5) is 5.69 Å². The molecule has 0 saturated carbocycles. The number of anilines is 1. The Kier molecular flexibility index (Phi) is 7.00. The molecule has 4 rings (SSSR count). The average molecular weight is 529 g/mol. The molecule has 1 heterocycles. The number of benzene rings is 3. The Morgan fingerprint density at radius 1 is 1.09 bits per heavy atom. The van der Waals surface area contributed by atoms with E-state index in [0.29, 0.717) is 38.0 Å². The molecule has 180 valence electrons. The Balaban J connectivity index is 1.69. The molecule has 4 aromatic rings. The average Bonchev–Trinajstić information content (AvgIpc) is 2.81. The zero-order valence-electron chi connectivity index (χ0n) is 18.7. The lowest BCUT2D eigenvalue weighted by Crippen LogP contribution is -2.26. The van der Waals surface area contributed by atoms with E-state index in [2.05, 4.69) is 10.3 Å². The maximum atomic E-state index is 13.5. The predicted octanol–water partition coefficient (Wildman–Crippen LogP) is 4.11. The summed E-state index contributed by atoms with van der Waals surface area (Å²) in [7, 11) is -3.83. The summed E-state index contributed by atoms with van der Waals surface area (Å²) in [6.45, 7) is 3.50. The van der Waals surface area contributed by atoms with Gasteiger partial charge in [-0.2, -0.15) is 0 Å². The molecule has 3 N–H and O–H groups in total. The summed E-state index contributed by atoms with van der Waals surface area (Å²) in [5.41, 5.74) is 1.94. The Morgan fingerprint density at radius 2 is 1.77 bits per heavy atom. The number of carbonyl (C=O) groups excluding carboxylic acids is 1. The Morgan fingerprint density at radius 3 is 2.46 bits per heavy atom. The second-order valence-corrected chi connectivity index (χ2v) is 11.0. The van der Waals surface area contributed by atoms with Crippen molar-refractivity contribution in [2.75, 3.05) is 5.32 Å². The molecule has 0 radical (unpaired) electrons. The van der Waals surface area contributed by atoms with Crippen molar-refractivity contribution in [2.45, 2.75) is 29.1 Å². The Bertz CT molecular complexity index is 1600. The van der Waals surface area contributed by atoms with E-state index in [1.165, 1.54) is 28.8 Å². The van der Waals surface area contributed by atoms with Crippen molar-refractivity contribution in [3.8, 4) is 5.69 Å². The summed E-state index contributed by atoms with van der Waals surface area (Å²) in [4.78, 5) is 31.0. The van der Waals surface area contributed by atoms with Crippen LogP contribution in [0.2, 0.25) is 5.02 Å². The maximum absolute atomic E-state index is 13.5. The van der Waals surface area contributed by atoms with Gasteiger partial charge in [0.1, 0.15) is 0 Å². The molecule has 1 unspecified atom stereocenters. The molecule has 0 aliphatic heterocycles. The SMILES string of the molecule is Cc1c(Cl)cccc1-n1c(SC(C)C(=O)Nc2ccc(S(N)(=O)=O)cc2)nc2ccccc2c1=O. The highest BCUT2D eigenvalue weighted by Crippen LogP contribution is 2.29. The highest BCUT2D eigenvalue weighted by Gasteiger charge is 2.22. The summed E-state index contributed by atoms with van der Waals surface area (Å²) in [5.74, 6) is -0.352. The number of rotatable bonds is 6. The lowest BCUT2D eigenvalue weighted by Gasteiger charge is -2.18. The Hall–Kier alpha value is -3.18. The van der Waals surface area contributed by atoms with Crippen molar-refractivity contribution >= 4 is 55.9 Å². The van der Waals surface area contributed by atoms with E-state index in [1.54, 1.807) is 49.4 Å². The molecule has 8 nitrogen and oxygen atoms in total. The van der Waals surface area contributed by atoms with Gasteiger partial charge in [0, 0.05) is 10.7 Å². The monoisotopic (exact) mass is 528 g/mol. The third kappa shape index (κ3) is 5.25. The molecule has 0 aliphatic rings. The van der Waals surface area contributed by atoms with Crippen molar-refractivity contribution < 1.29 is 13.2 Å². The molecule has 11 heteroatoms. The van der Waals surface area contributed by atoms with Crippen LogP contribution in [0.15, 0.2) is 81.6 Å². The quantitative estimate of drug-likeness (QED) is 0.286. The van der Waals surface area contributed by atoms with Crippen LogP contribution in [0.25, 0.3) is 16.6 Å². The molecule has 1 atom stereocenters. The minimum atomic E-state index is -3.83. The van der Waals surface area contributed by atoms with E-state index in [4.69, 9.17) is 16.7 Å². The first kappa shape index (κ1) is 24.9. The van der Waals surface area contributed by atoms with Gasteiger partial charge in [0.05, 0.1) is 26.7 Å². The first-order valence-electron chi connectivity index (χ1n) is 10.4. The van der Waals surface area contributed by atoms with Gasteiger partial charge >= 0.3 is 0 Å². The number of nitrogens with one attached hydrogen (secondary N) is 1. The number of primary sulfonamides is 1. The van der Waals surface area contributed by atoms with E-state index in [9.17, 15) is 18.0 Å². The fraction of sp³-hybridized carbons (Fsp3) is 0.125. The molecule has 1 aromatic heterocycles. The van der Waals surface area contributed by atoms with Crippen LogP contribution >= 0.6 is 23.4 Å². The molecule has 0 aliphatic carbocycles. The van der Waals surface area contributed by atoms with Crippen LogP contribution in [-0.4, -0.2) is 29.1 Å². The molecule has 0 spiro atoms. The number of hydrogen-bond donors (Lipinski definition) is 2. The fourth-order valence-electron chi connectivity index (χ4n) is 3.43. The first-order valence-corrected chi connectivity index (χ1v) is 13.2. The number of nitrogens with zero attached hydrogens (tertiary/aromatic N) is 2. The van der Waals surface area contributed by atoms with E-state index < -0.39 is 15.3 Å². The lowest BCUT2D eigenvalue weighted by molar-refractivity contribution is -0.115. The van der Waals surface area contributed by atoms with E-state index in [0.717, 1.165) is 11.8 Å². The normalized spacial score (nSPS) is 12.5. The molecule has 3 aromatic carbocycles. The second-order valence-electron chi connectivity index (χ2n) is 7.75. The zero-order valence-corrected chi connectivity index (χ0v) is 21.1.